The summed E-state index contributed by atoms with van der Waals surface area (Å²) in [5.41, 5.74) is 0. The summed E-state index contributed by atoms with van der Waals surface area (Å²) in [6.07, 6.45) is -7.03. The van der Waals surface area contributed by atoms with Crippen LogP contribution in [0.3, 0.4) is 0 Å². The minimum Gasteiger partial charge on any atom is -0.199 e. The zero-order valence-corrected chi connectivity index (χ0v) is 11.7. The van der Waals surface area contributed by atoms with Crippen LogP contribution < -0.4 is 0 Å². The molecule has 130 valence electrons. The van der Waals surface area contributed by atoms with Crippen molar-refractivity contribution in [3.05, 3.63) is 0 Å². The molecule has 0 aromatic heterocycles. The van der Waals surface area contributed by atoms with Gasteiger partial charge in [-0.15, -0.1) is 0 Å². The molecule has 0 nitrogen and oxygen atoms in total. The fourth-order valence-corrected chi connectivity index (χ4v) is 3.98. The van der Waals surface area contributed by atoms with Crippen LogP contribution in [0.1, 0.15) is 26.7 Å². The monoisotopic (exact) mass is 342 g/mol. The van der Waals surface area contributed by atoms with Crippen molar-refractivity contribution in [2.24, 2.45) is 29.6 Å². The van der Waals surface area contributed by atoms with E-state index < -0.39 is 48.1 Å². The average molecular weight is 342 g/mol. The van der Waals surface area contributed by atoms with Crippen molar-refractivity contribution >= 4 is 0 Å². The number of alkyl halides is 9. The summed E-state index contributed by atoms with van der Waals surface area (Å²) in [7, 11) is 0. The molecular formula is C13H15F9. The van der Waals surface area contributed by atoms with Crippen molar-refractivity contribution in [1.82, 2.24) is 0 Å². The molecule has 0 aromatic rings. The smallest absolute Gasteiger partial charge is 0.199 e. The highest BCUT2D eigenvalue weighted by Crippen LogP contribution is 2.64. The molecule has 9 heteroatoms. The second kappa shape index (κ2) is 4.69. The van der Waals surface area contributed by atoms with Crippen molar-refractivity contribution in [3.8, 4) is 0 Å². The van der Waals surface area contributed by atoms with Crippen molar-refractivity contribution in [2.45, 2.75) is 50.6 Å². The maximum atomic E-state index is 14.0. The van der Waals surface area contributed by atoms with E-state index in [0.29, 0.717) is 0 Å². The molecule has 2 saturated carbocycles. The summed E-state index contributed by atoms with van der Waals surface area (Å²) in [4.78, 5) is 0. The summed E-state index contributed by atoms with van der Waals surface area (Å²) in [6.45, 7) is 3.28. The van der Waals surface area contributed by atoms with Crippen LogP contribution in [0.2, 0.25) is 0 Å². The second-order valence-corrected chi connectivity index (χ2v) is 6.49. The van der Waals surface area contributed by atoms with E-state index in [1.807, 2.05) is 0 Å². The Morgan fingerprint density at radius 2 is 1.18 bits per heavy atom. The fraction of sp³-hybridized carbons (Fsp3) is 1.00. The zero-order valence-electron chi connectivity index (χ0n) is 11.7. The Kier molecular flexibility index (Phi) is 3.78. The van der Waals surface area contributed by atoms with E-state index in [-0.39, 0.29) is 18.3 Å². The van der Waals surface area contributed by atoms with Gasteiger partial charge in [-0.3, -0.25) is 0 Å². The molecule has 5 unspecified atom stereocenters. The van der Waals surface area contributed by atoms with Crippen LogP contribution in [0.4, 0.5) is 39.5 Å². The molecule has 0 saturated heterocycles. The van der Waals surface area contributed by atoms with E-state index in [4.69, 9.17) is 0 Å². The van der Waals surface area contributed by atoms with Gasteiger partial charge < -0.3 is 0 Å². The Morgan fingerprint density at radius 1 is 0.682 bits per heavy atom. The highest BCUT2D eigenvalue weighted by molar-refractivity contribution is 5.09. The standard InChI is InChI=1S/C13H15F9/c1-5-6(2)8-3-7(5)4-9(8)10(14,15)11(16,17)12(18,19)13(20,21)22/h5-9H,3-4H2,1-2H3. The van der Waals surface area contributed by atoms with E-state index in [1.54, 1.807) is 6.92 Å². The maximum Gasteiger partial charge on any atom is 0.460 e. The van der Waals surface area contributed by atoms with Gasteiger partial charge in [0.05, 0.1) is 0 Å². The van der Waals surface area contributed by atoms with Crippen LogP contribution in [0.15, 0.2) is 0 Å². The SMILES string of the molecule is CC1C2CC(C1C)C(C(F)(F)C(F)(F)C(F)(F)C(F)(F)F)C2. The molecule has 0 aliphatic heterocycles. The van der Waals surface area contributed by atoms with Gasteiger partial charge in [0, 0.05) is 5.92 Å². The Bertz CT molecular complexity index is 437. The minimum absolute atomic E-state index is 0.0335. The lowest BCUT2D eigenvalue weighted by Crippen LogP contribution is -2.63. The third-order valence-corrected chi connectivity index (χ3v) is 5.53. The predicted molar refractivity (Wildman–Crippen MR) is 58.9 cm³/mol. The number of rotatable bonds is 3. The molecule has 5 atom stereocenters. The van der Waals surface area contributed by atoms with Gasteiger partial charge in [-0.2, -0.15) is 39.5 Å². The van der Waals surface area contributed by atoms with Crippen molar-refractivity contribution < 1.29 is 39.5 Å². The summed E-state index contributed by atoms with van der Waals surface area (Å²) in [5, 5.41) is 0. The van der Waals surface area contributed by atoms with Gasteiger partial charge in [0.2, 0.25) is 0 Å². The summed E-state index contributed by atoms with van der Waals surface area (Å²) in [6, 6.07) is 0. The van der Waals surface area contributed by atoms with Gasteiger partial charge in [-0.1, -0.05) is 13.8 Å². The molecular weight excluding hydrogens is 327 g/mol. The topological polar surface area (TPSA) is 0 Å². The first-order chi connectivity index (χ1) is 9.66. The second-order valence-electron chi connectivity index (χ2n) is 6.49. The summed E-state index contributed by atoms with van der Waals surface area (Å²) in [5.74, 6) is -22.6. The van der Waals surface area contributed by atoms with Gasteiger partial charge in [0.15, 0.2) is 0 Å². The Labute approximate surface area is 121 Å². The van der Waals surface area contributed by atoms with E-state index in [0.717, 1.165) is 0 Å². The highest BCUT2D eigenvalue weighted by Gasteiger charge is 2.83. The predicted octanol–water partition coefficient (Wildman–Crippen LogP) is 5.38. The maximum absolute atomic E-state index is 14.0. The minimum atomic E-state index is -6.78. The normalized spacial score (nSPS) is 37.0. The van der Waals surface area contributed by atoms with Crippen LogP contribution >= 0.6 is 0 Å². The van der Waals surface area contributed by atoms with E-state index in [2.05, 4.69) is 0 Å². The molecule has 0 heterocycles. The van der Waals surface area contributed by atoms with E-state index >= 15 is 0 Å². The first kappa shape index (κ1) is 17.7. The molecule has 0 spiro atoms. The van der Waals surface area contributed by atoms with Gasteiger partial charge in [-0.05, 0) is 36.5 Å². The molecule has 0 aromatic carbocycles. The highest BCUT2D eigenvalue weighted by atomic mass is 19.4. The van der Waals surface area contributed by atoms with E-state index in [1.165, 1.54) is 6.92 Å². The van der Waals surface area contributed by atoms with Crippen molar-refractivity contribution in [2.75, 3.05) is 0 Å². The number of hydrogen-bond donors (Lipinski definition) is 0. The molecule has 0 N–H and O–H groups in total. The number of fused-ring (bicyclic) bond motifs is 2. The molecule has 0 amide bonds. The zero-order chi connectivity index (χ0) is 17.3. The van der Waals surface area contributed by atoms with Crippen LogP contribution in [0.25, 0.3) is 0 Å². The summed E-state index contributed by atoms with van der Waals surface area (Å²) >= 11 is 0. The Hall–Kier alpha value is -0.630. The number of halogens is 9. The van der Waals surface area contributed by atoms with E-state index in [9.17, 15) is 39.5 Å². The molecule has 0 radical (unpaired) electrons. The molecule has 22 heavy (non-hydrogen) atoms. The first-order valence-corrected chi connectivity index (χ1v) is 6.86. The third kappa shape index (κ3) is 2.06. The van der Waals surface area contributed by atoms with Gasteiger partial charge in [-0.25, -0.2) is 0 Å². The quantitative estimate of drug-likeness (QED) is 0.604. The van der Waals surface area contributed by atoms with Gasteiger partial charge in [0.25, 0.3) is 0 Å². The number of hydrogen-bond acceptors (Lipinski definition) is 0. The van der Waals surface area contributed by atoms with Crippen molar-refractivity contribution in [3.63, 3.8) is 0 Å². The largest absolute Gasteiger partial charge is 0.460 e. The molecule has 2 aliphatic rings. The van der Waals surface area contributed by atoms with Crippen LogP contribution in [-0.4, -0.2) is 23.9 Å². The molecule has 2 bridgehead atoms. The summed E-state index contributed by atoms with van der Waals surface area (Å²) < 4.78 is 117. The van der Waals surface area contributed by atoms with Crippen LogP contribution in [0, 0.1) is 29.6 Å². The Balaban J connectivity index is 2.35. The lowest BCUT2D eigenvalue weighted by molar-refractivity contribution is -0.405. The molecule has 2 fully saturated rings. The average Bonchev–Trinajstić information content (AvgIpc) is 2.89. The third-order valence-electron chi connectivity index (χ3n) is 5.53. The lowest BCUT2D eigenvalue weighted by atomic mass is 9.71. The van der Waals surface area contributed by atoms with Crippen LogP contribution in [0.5, 0.6) is 0 Å². The van der Waals surface area contributed by atoms with Crippen molar-refractivity contribution in [1.29, 1.82) is 0 Å². The van der Waals surface area contributed by atoms with Crippen LogP contribution in [-0.2, 0) is 0 Å². The Morgan fingerprint density at radius 3 is 1.55 bits per heavy atom. The molecule has 2 aliphatic carbocycles. The van der Waals surface area contributed by atoms with Gasteiger partial charge >= 0.3 is 23.9 Å². The van der Waals surface area contributed by atoms with Gasteiger partial charge in [0.1, 0.15) is 0 Å². The molecule has 2 rings (SSSR count). The first-order valence-electron chi connectivity index (χ1n) is 6.86. The lowest BCUT2D eigenvalue weighted by Gasteiger charge is -2.41. The fourth-order valence-electron chi connectivity index (χ4n) is 3.98.